The molecule has 2 aromatic rings. The Labute approximate surface area is 159 Å². The minimum atomic E-state index is -0.356. The van der Waals surface area contributed by atoms with E-state index in [0.717, 1.165) is 31.6 Å². The highest BCUT2D eigenvalue weighted by atomic mass is 16.7. The quantitative estimate of drug-likeness (QED) is 0.885. The molecule has 1 N–H and O–H groups in total. The molecule has 1 amide bonds. The van der Waals surface area contributed by atoms with Crippen molar-refractivity contribution in [3.63, 3.8) is 0 Å². The van der Waals surface area contributed by atoms with Crippen LogP contribution in [0.2, 0.25) is 0 Å². The van der Waals surface area contributed by atoms with Crippen LogP contribution < -0.4 is 5.32 Å². The standard InChI is InChI=1S/C21H24N4O2/c1-16-4-2-5-17(10-16)14-25-9-7-21(15-25)11-19(24-27-21)20(26)23-13-18-6-3-8-22-12-18/h2-6,8,10,12H,7,9,11,13-15H2,1H3,(H,23,26)/t21-/m1/s1. The first kappa shape index (κ1) is 17.7. The fourth-order valence-electron chi connectivity index (χ4n) is 3.78. The molecule has 2 aliphatic heterocycles. The molecule has 0 aliphatic carbocycles. The average molecular weight is 364 g/mol. The number of rotatable bonds is 5. The lowest BCUT2D eigenvalue weighted by molar-refractivity contribution is -0.115. The lowest BCUT2D eigenvalue weighted by Gasteiger charge is -2.21. The fraction of sp³-hybridized carbons (Fsp3) is 0.381. The summed E-state index contributed by atoms with van der Waals surface area (Å²) in [7, 11) is 0. The molecular weight excluding hydrogens is 340 g/mol. The largest absolute Gasteiger partial charge is 0.387 e. The van der Waals surface area contributed by atoms with Gasteiger partial charge in [-0.05, 0) is 24.1 Å². The molecule has 1 spiro atoms. The Kier molecular flexibility index (Phi) is 4.90. The third-order valence-electron chi connectivity index (χ3n) is 5.16. The van der Waals surface area contributed by atoms with Crippen molar-refractivity contribution in [3.8, 4) is 0 Å². The number of benzene rings is 1. The number of aryl methyl sites for hydroxylation is 1. The minimum Gasteiger partial charge on any atom is -0.387 e. The smallest absolute Gasteiger partial charge is 0.269 e. The van der Waals surface area contributed by atoms with Gasteiger partial charge in [0.25, 0.3) is 5.91 Å². The van der Waals surface area contributed by atoms with Crippen LogP contribution in [0.5, 0.6) is 0 Å². The maximum Gasteiger partial charge on any atom is 0.269 e. The van der Waals surface area contributed by atoms with E-state index in [0.29, 0.717) is 18.7 Å². The molecule has 0 bridgehead atoms. The molecule has 0 radical (unpaired) electrons. The van der Waals surface area contributed by atoms with Crippen LogP contribution in [0.15, 0.2) is 53.9 Å². The van der Waals surface area contributed by atoms with Gasteiger partial charge >= 0.3 is 0 Å². The summed E-state index contributed by atoms with van der Waals surface area (Å²) in [5.74, 6) is -0.159. The number of nitrogens with one attached hydrogen (secondary N) is 1. The molecule has 1 fully saturated rings. The summed E-state index contributed by atoms with van der Waals surface area (Å²) in [6, 6.07) is 12.4. The van der Waals surface area contributed by atoms with Crippen molar-refractivity contribution in [2.24, 2.45) is 5.16 Å². The Hall–Kier alpha value is -2.73. The first-order chi connectivity index (χ1) is 13.1. The van der Waals surface area contributed by atoms with Crippen molar-refractivity contribution in [2.45, 2.75) is 38.5 Å². The van der Waals surface area contributed by atoms with Crippen LogP contribution >= 0.6 is 0 Å². The van der Waals surface area contributed by atoms with Gasteiger partial charge in [-0.15, -0.1) is 0 Å². The molecule has 3 heterocycles. The van der Waals surface area contributed by atoms with Gasteiger partial charge in [0.1, 0.15) is 5.71 Å². The normalized spacial score (nSPS) is 21.9. The molecule has 27 heavy (non-hydrogen) atoms. The molecule has 140 valence electrons. The van der Waals surface area contributed by atoms with Crippen LogP contribution in [-0.2, 0) is 22.7 Å². The number of oxime groups is 1. The van der Waals surface area contributed by atoms with E-state index in [1.165, 1.54) is 11.1 Å². The monoisotopic (exact) mass is 364 g/mol. The molecule has 2 aliphatic rings. The number of carbonyl (C=O) groups excluding carboxylic acids is 1. The lowest BCUT2D eigenvalue weighted by atomic mass is 9.96. The highest BCUT2D eigenvalue weighted by Crippen LogP contribution is 2.34. The van der Waals surface area contributed by atoms with E-state index in [4.69, 9.17) is 4.84 Å². The molecule has 0 unspecified atom stereocenters. The predicted molar refractivity (Wildman–Crippen MR) is 103 cm³/mol. The predicted octanol–water partition coefficient (Wildman–Crippen LogP) is 2.43. The van der Waals surface area contributed by atoms with E-state index in [9.17, 15) is 4.79 Å². The Morgan fingerprint density at radius 3 is 3.00 bits per heavy atom. The Bertz CT molecular complexity index is 852. The maximum absolute atomic E-state index is 12.4. The van der Waals surface area contributed by atoms with Gasteiger partial charge in [0.15, 0.2) is 5.60 Å². The van der Waals surface area contributed by atoms with Gasteiger partial charge in [-0.1, -0.05) is 41.1 Å². The van der Waals surface area contributed by atoms with E-state index in [-0.39, 0.29) is 11.5 Å². The topological polar surface area (TPSA) is 66.8 Å². The molecule has 6 nitrogen and oxygen atoms in total. The SMILES string of the molecule is Cc1cccc(CN2CC[C@@]3(CC(C(=O)NCc4cccnc4)=NO3)C2)c1. The van der Waals surface area contributed by atoms with Gasteiger partial charge in [0.2, 0.25) is 0 Å². The Morgan fingerprint density at radius 1 is 1.30 bits per heavy atom. The van der Waals surface area contributed by atoms with Crippen LogP contribution in [0, 0.1) is 6.92 Å². The first-order valence-corrected chi connectivity index (χ1v) is 9.32. The van der Waals surface area contributed by atoms with Crippen molar-refractivity contribution < 1.29 is 9.63 Å². The summed E-state index contributed by atoms with van der Waals surface area (Å²) in [5.41, 5.74) is 3.67. The summed E-state index contributed by atoms with van der Waals surface area (Å²) >= 11 is 0. The molecule has 0 saturated carbocycles. The Morgan fingerprint density at radius 2 is 2.19 bits per heavy atom. The van der Waals surface area contributed by atoms with Crippen molar-refractivity contribution in [3.05, 3.63) is 65.5 Å². The van der Waals surface area contributed by atoms with E-state index < -0.39 is 0 Å². The summed E-state index contributed by atoms with van der Waals surface area (Å²) in [4.78, 5) is 24.6. The third-order valence-corrected chi connectivity index (χ3v) is 5.16. The van der Waals surface area contributed by atoms with Crippen LogP contribution in [0.4, 0.5) is 0 Å². The second kappa shape index (κ2) is 7.48. The number of pyridine rings is 1. The van der Waals surface area contributed by atoms with Crippen molar-refractivity contribution in [1.29, 1.82) is 0 Å². The van der Waals surface area contributed by atoms with E-state index in [2.05, 4.69) is 51.5 Å². The number of nitrogens with zero attached hydrogens (tertiary/aromatic N) is 3. The number of amides is 1. The number of hydrogen-bond donors (Lipinski definition) is 1. The number of aromatic nitrogens is 1. The molecule has 1 atom stereocenters. The average Bonchev–Trinajstić information content (AvgIpc) is 3.27. The summed E-state index contributed by atoms with van der Waals surface area (Å²) in [6.07, 6.45) is 4.92. The second-order valence-electron chi connectivity index (χ2n) is 7.48. The second-order valence-corrected chi connectivity index (χ2v) is 7.48. The Balaban J connectivity index is 1.30. The third kappa shape index (κ3) is 4.17. The van der Waals surface area contributed by atoms with Crippen LogP contribution in [0.25, 0.3) is 0 Å². The van der Waals surface area contributed by atoms with Gasteiger partial charge < -0.3 is 10.2 Å². The van der Waals surface area contributed by atoms with Crippen molar-refractivity contribution >= 4 is 11.6 Å². The first-order valence-electron chi connectivity index (χ1n) is 9.32. The highest BCUT2D eigenvalue weighted by molar-refractivity contribution is 6.39. The van der Waals surface area contributed by atoms with Gasteiger partial charge in [0.05, 0.1) is 0 Å². The maximum atomic E-state index is 12.4. The number of carbonyl (C=O) groups is 1. The summed E-state index contributed by atoms with van der Waals surface area (Å²) in [6.45, 7) is 5.20. The lowest BCUT2D eigenvalue weighted by Crippen LogP contribution is -2.36. The molecule has 1 saturated heterocycles. The van der Waals surface area contributed by atoms with Crippen LogP contribution in [0.1, 0.15) is 29.5 Å². The summed E-state index contributed by atoms with van der Waals surface area (Å²) < 4.78 is 0. The molecule has 1 aromatic heterocycles. The highest BCUT2D eigenvalue weighted by Gasteiger charge is 2.46. The molecule has 6 heteroatoms. The molecule has 1 aromatic carbocycles. The van der Waals surface area contributed by atoms with Gasteiger partial charge in [-0.25, -0.2) is 0 Å². The van der Waals surface area contributed by atoms with Gasteiger partial charge in [0, 0.05) is 51.4 Å². The van der Waals surface area contributed by atoms with Gasteiger partial charge in [-0.3, -0.25) is 14.7 Å². The number of hydrogen-bond acceptors (Lipinski definition) is 5. The van der Waals surface area contributed by atoms with E-state index in [1.807, 2.05) is 12.1 Å². The van der Waals surface area contributed by atoms with Crippen LogP contribution in [-0.4, -0.2) is 40.2 Å². The van der Waals surface area contributed by atoms with Crippen LogP contribution in [0.3, 0.4) is 0 Å². The fourth-order valence-corrected chi connectivity index (χ4v) is 3.78. The zero-order chi connectivity index (χ0) is 18.7. The van der Waals surface area contributed by atoms with Gasteiger partial charge in [-0.2, -0.15) is 0 Å². The number of likely N-dealkylation sites (tertiary alicyclic amines) is 1. The van der Waals surface area contributed by atoms with Crippen molar-refractivity contribution in [1.82, 2.24) is 15.2 Å². The minimum absolute atomic E-state index is 0.159. The summed E-state index contributed by atoms with van der Waals surface area (Å²) in [5, 5.41) is 7.00. The zero-order valence-electron chi connectivity index (χ0n) is 15.5. The van der Waals surface area contributed by atoms with Crippen molar-refractivity contribution in [2.75, 3.05) is 13.1 Å². The van der Waals surface area contributed by atoms with E-state index in [1.54, 1.807) is 12.4 Å². The zero-order valence-corrected chi connectivity index (χ0v) is 15.5. The van der Waals surface area contributed by atoms with E-state index >= 15 is 0 Å². The molecular formula is C21H24N4O2. The molecule has 4 rings (SSSR count).